The quantitative estimate of drug-likeness (QED) is 0.508. The minimum absolute atomic E-state index is 0.0413. The minimum Gasteiger partial charge on any atom is -0.368 e. The summed E-state index contributed by atoms with van der Waals surface area (Å²) in [5, 5.41) is 11.7. The van der Waals surface area contributed by atoms with Crippen LogP contribution >= 0.6 is 0 Å². The number of pyridine rings is 1. The predicted octanol–water partition coefficient (Wildman–Crippen LogP) is 4.63. The summed E-state index contributed by atoms with van der Waals surface area (Å²) in [6.07, 6.45) is 5.30. The van der Waals surface area contributed by atoms with Gasteiger partial charge in [-0.15, -0.1) is 0 Å². The number of nitrogens with zero attached hydrogens (tertiary/aromatic N) is 4. The Labute approximate surface area is 192 Å². The summed E-state index contributed by atoms with van der Waals surface area (Å²) >= 11 is 0. The molecule has 1 saturated carbocycles. The van der Waals surface area contributed by atoms with Crippen LogP contribution in [0.4, 0.5) is 5.69 Å². The fraction of sp³-hybridized carbons (Fsp3) is 0.333. The van der Waals surface area contributed by atoms with Crippen LogP contribution in [0, 0.1) is 11.3 Å². The average Bonchev–Trinajstić information content (AvgIpc) is 3.18. The molecule has 6 rings (SSSR count). The van der Waals surface area contributed by atoms with Crippen molar-refractivity contribution < 1.29 is 0 Å². The second-order valence-corrected chi connectivity index (χ2v) is 9.43. The Balaban J connectivity index is 1.69. The Bertz CT molecular complexity index is 1520. The Morgan fingerprint density at radius 3 is 2.58 bits per heavy atom. The zero-order valence-corrected chi connectivity index (χ0v) is 18.9. The van der Waals surface area contributed by atoms with Gasteiger partial charge in [-0.3, -0.25) is 4.79 Å². The highest BCUT2D eigenvalue weighted by atomic mass is 16.1. The van der Waals surface area contributed by atoms with Crippen LogP contribution in [-0.4, -0.2) is 47.7 Å². The van der Waals surface area contributed by atoms with Gasteiger partial charge in [-0.1, -0.05) is 18.7 Å². The molecule has 1 aliphatic heterocycles. The second-order valence-electron chi connectivity index (χ2n) is 9.43. The van der Waals surface area contributed by atoms with Crippen molar-refractivity contribution in [2.75, 3.05) is 38.1 Å². The van der Waals surface area contributed by atoms with E-state index in [9.17, 15) is 10.1 Å². The van der Waals surface area contributed by atoms with Gasteiger partial charge in [0.05, 0.1) is 22.5 Å². The molecule has 6 nitrogen and oxygen atoms in total. The highest BCUT2D eigenvalue weighted by Gasteiger charge is 2.27. The summed E-state index contributed by atoms with van der Waals surface area (Å²) in [6, 6.07) is 12.4. The van der Waals surface area contributed by atoms with Crippen molar-refractivity contribution in [3.8, 4) is 6.07 Å². The van der Waals surface area contributed by atoms with E-state index in [2.05, 4.69) is 45.1 Å². The summed E-state index contributed by atoms with van der Waals surface area (Å²) in [7, 11) is 2.16. The molecule has 3 heterocycles. The molecule has 0 atom stereocenters. The van der Waals surface area contributed by atoms with Crippen LogP contribution < -0.4 is 10.3 Å². The van der Waals surface area contributed by atoms with Gasteiger partial charge < -0.3 is 19.4 Å². The SMILES string of the molecule is C=Cc1cc2c(=O)c3c4ccc(C#N)cc4[nH]c3n(C3CCC3)c2cc1N1CCN(C)CC1. The second kappa shape index (κ2) is 7.50. The number of rotatable bonds is 3. The molecular formula is C27H27N5O. The molecule has 166 valence electrons. The number of H-pyrrole nitrogens is 1. The molecule has 33 heavy (non-hydrogen) atoms. The van der Waals surface area contributed by atoms with Gasteiger partial charge in [-0.2, -0.15) is 5.26 Å². The van der Waals surface area contributed by atoms with E-state index in [1.807, 2.05) is 24.3 Å². The van der Waals surface area contributed by atoms with E-state index in [4.69, 9.17) is 0 Å². The number of fused-ring (bicyclic) bond motifs is 4. The highest BCUT2D eigenvalue weighted by Crippen LogP contribution is 2.39. The number of nitrogens with one attached hydrogen (secondary N) is 1. The van der Waals surface area contributed by atoms with E-state index in [0.717, 1.165) is 83.1 Å². The largest absolute Gasteiger partial charge is 0.368 e. The first kappa shape index (κ1) is 20.1. The van der Waals surface area contributed by atoms with E-state index in [1.165, 1.54) is 6.42 Å². The van der Waals surface area contributed by atoms with Crippen molar-refractivity contribution in [1.29, 1.82) is 5.26 Å². The highest BCUT2D eigenvalue weighted by molar-refractivity contribution is 6.10. The third kappa shape index (κ3) is 3.00. The first-order valence-corrected chi connectivity index (χ1v) is 11.7. The van der Waals surface area contributed by atoms with Gasteiger partial charge in [0, 0.05) is 54.2 Å². The Kier molecular flexibility index (Phi) is 4.56. The van der Waals surface area contributed by atoms with Gasteiger partial charge in [0.15, 0.2) is 5.43 Å². The number of likely N-dealkylation sites (N-methyl/N-ethyl adjacent to an activating group) is 1. The normalized spacial score (nSPS) is 17.5. The van der Waals surface area contributed by atoms with Crippen molar-refractivity contribution in [1.82, 2.24) is 14.5 Å². The van der Waals surface area contributed by atoms with Crippen LogP contribution in [-0.2, 0) is 0 Å². The summed E-state index contributed by atoms with van der Waals surface area (Å²) in [4.78, 5) is 22.1. The fourth-order valence-electron chi connectivity index (χ4n) is 5.40. The lowest BCUT2D eigenvalue weighted by atomic mass is 9.91. The van der Waals surface area contributed by atoms with E-state index >= 15 is 0 Å². The molecule has 0 amide bonds. The van der Waals surface area contributed by atoms with Gasteiger partial charge in [0.25, 0.3) is 0 Å². The molecule has 2 aliphatic rings. The molecular weight excluding hydrogens is 410 g/mol. The number of aromatic amines is 1. The number of aromatic nitrogens is 2. The lowest BCUT2D eigenvalue weighted by molar-refractivity contribution is 0.312. The van der Waals surface area contributed by atoms with Crippen LogP contribution in [0.25, 0.3) is 38.9 Å². The number of nitriles is 1. The standard InChI is InChI=1S/C27H27N5O/c1-3-18-14-21-24(15-23(18)31-11-9-30(2)10-12-31)32(19-5-4-6-19)27-25(26(21)33)20-8-7-17(16-28)13-22(20)29-27/h3,7-8,13-15,19,29H,1,4-6,9-12H2,2H3. The number of hydrogen-bond acceptors (Lipinski definition) is 4. The molecule has 4 aromatic rings. The van der Waals surface area contributed by atoms with Gasteiger partial charge in [-0.05, 0) is 56.1 Å². The molecule has 0 bridgehead atoms. The minimum atomic E-state index is 0.0413. The molecule has 0 radical (unpaired) electrons. The molecule has 0 unspecified atom stereocenters. The topological polar surface area (TPSA) is 68.1 Å². The van der Waals surface area contributed by atoms with Crippen molar-refractivity contribution in [3.05, 3.63) is 58.3 Å². The molecule has 1 aliphatic carbocycles. The number of benzene rings is 2. The predicted molar refractivity (Wildman–Crippen MR) is 135 cm³/mol. The fourth-order valence-corrected chi connectivity index (χ4v) is 5.40. The van der Waals surface area contributed by atoms with Crippen molar-refractivity contribution in [3.63, 3.8) is 0 Å². The van der Waals surface area contributed by atoms with Gasteiger partial charge in [-0.25, -0.2) is 0 Å². The Morgan fingerprint density at radius 2 is 1.91 bits per heavy atom. The van der Waals surface area contributed by atoms with Crippen LogP contribution in [0.3, 0.4) is 0 Å². The van der Waals surface area contributed by atoms with Gasteiger partial charge in [0.2, 0.25) is 0 Å². The molecule has 2 fully saturated rings. The summed E-state index contributed by atoms with van der Waals surface area (Å²) < 4.78 is 2.36. The zero-order chi connectivity index (χ0) is 22.7. The lowest BCUT2D eigenvalue weighted by Gasteiger charge is -2.36. The van der Waals surface area contributed by atoms with Crippen molar-refractivity contribution in [2.45, 2.75) is 25.3 Å². The van der Waals surface area contributed by atoms with Crippen LogP contribution in [0.2, 0.25) is 0 Å². The van der Waals surface area contributed by atoms with Crippen LogP contribution in [0.1, 0.15) is 36.4 Å². The van der Waals surface area contributed by atoms with Crippen LogP contribution in [0.5, 0.6) is 0 Å². The maximum absolute atomic E-state index is 13.8. The van der Waals surface area contributed by atoms with Crippen LogP contribution in [0.15, 0.2) is 41.7 Å². The van der Waals surface area contributed by atoms with E-state index in [0.29, 0.717) is 11.6 Å². The molecule has 0 spiro atoms. The van der Waals surface area contributed by atoms with Gasteiger partial charge >= 0.3 is 0 Å². The van der Waals surface area contributed by atoms with E-state index in [1.54, 1.807) is 6.07 Å². The van der Waals surface area contributed by atoms with Crippen molar-refractivity contribution in [2.24, 2.45) is 0 Å². The number of anilines is 1. The number of hydrogen-bond donors (Lipinski definition) is 1. The summed E-state index contributed by atoms with van der Waals surface area (Å²) in [5.41, 5.74) is 5.50. The first-order valence-electron chi connectivity index (χ1n) is 11.7. The molecule has 6 heteroatoms. The number of piperazine rings is 1. The lowest BCUT2D eigenvalue weighted by Crippen LogP contribution is -2.44. The zero-order valence-electron chi connectivity index (χ0n) is 18.9. The maximum Gasteiger partial charge on any atom is 0.199 e. The summed E-state index contributed by atoms with van der Waals surface area (Å²) in [5.74, 6) is 0. The smallest absolute Gasteiger partial charge is 0.199 e. The maximum atomic E-state index is 13.8. The molecule has 1 N–H and O–H groups in total. The Morgan fingerprint density at radius 1 is 1.12 bits per heavy atom. The summed E-state index contributed by atoms with van der Waals surface area (Å²) in [6.45, 7) is 8.02. The first-order chi connectivity index (χ1) is 16.1. The molecule has 2 aromatic carbocycles. The Hall–Kier alpha value is -3.56. The molecule has 1 saturated heterocycles. The van der Waals surface area contributed by atoms with Crippen molar-refractivity contribution >= 4 is 44.6 Å². The third-order valence-electron chi connectivity index (χ3n) is 7.53. The third-order valence-corrected chi connectivity index (χ3v) is 7.53. The monoisotopic (exact) mass is 437 g/mol. The average molecular weight is 438 g/mol. The van der Waals surface area contributed by atoms with Gasteiger partial charge in [0.1, 0.15) is 5.65 Å². The van der Waals surface area contributed by atoms with E-state index < -0.39 is 0 Å². The van der Waals surface area contributed by atoms with E-state index in [-0.39, 0.29) is 5.43 Å². The molecule has 2 aromatic heterocycles.